The number of para-hydroxylation sites is 1. The van der Waals surface area contributed by atoms with Crippen LogP contribution >= 0.6 is 12.4 Å². The first-order valence-electron chi connectivity index (χ1n) is 4.87. The lowest BCUT2D eigenvalue weighted by Crippen LogP contribution is -2.32. The van der Waals surface area contributed by atoms with Gasteiger partial charge in [0.2, 0.25) is 5.91 Å². The number of halogens is 1. The Morgan fingerprint density at radius 2 is 2.00 bits per heavy atom. The lowest BCUT2D eigenvalue weighted by molar-refractivity contribution is -0.119. The number of hydrogen-bond acceptors (Lipinski definition) is 3. The highest BCUT2D eigenvalue weighted by Gasteiger charge is 1.98. The van der Waals surface area contributed by atoms with Crippen LogP contribution in [0, 0.1) is 0 Å². The van der Waals surface area contributed by atoms with E-state index >= 15 is 0 Å². The van der Waals surface area contributed by atoms with Crippen molar-refractivity contribution >= 4 is 24.0 Å². The third-order valence-corrected chi connectivity index (χ3v) is 1.86. The van der Waals surface area contributed by atoms with Gasteiger partial charge in [-0.1, -0.05) is 18.2 Å². The quantitative estimate of drug-likeness (QED) is 0.742. The van der Waals surface area contributed by atoms with Gasteiger partial charge in [0.25, 0.3) is 0 Å². The Kier molecular flexibility index (Phi) is 8.29. The molecule has 0 heterocycles. The van der Waals surface area contributed by atoms with Crippen LogP contribution in [0.2, 0.25) is 0 Å². The minimum atomic E-state index is -0.0316. The number of rotatable bonds is 6. The molecule has 4 nitrogen and oxygen atoms in total. The van der Waals surface area contributed by atoms with E-state index in [2.05, 4.69) is 10.6 Å². The number of amides is 1. The summed E-state index contributed by atoms with van der Waals surface area (Å²) in [5.41, 5.74) is 0.944. The summed E-state index contributed by atoms with van der Waals surface area (Å²) >= 11 is 0. The molecule has 90 valence electrons. The average Bonchev–Trinajstić information content (AvgIpc) is 2.28. The fourth-order valence-electron chi connectivity index (χ4n) is 1.09. The van der Waals surface area contributed by atoms with E-state index in [0.29, 0.717) is 13.2 Å². The van der Waals surface area contributed by atoms with Gasteiger partial charge >= 0.3 is 0 Å². The van der Waals surface area contributed by atoms with Crippen molar-refractivity contribution in [2.75, 3.05) is 32.1 Å². The number of anilines is 1. The molecule has 2 N–H and O–H groups in total. The van der Waals surface area contributed by atoms with Crippen LogP contribution in [0.1, 0.15) is 0 Å². The molecular formula is C11H17ClN2O2. The SMILES string of the molecule is COCCNC(=O)CNc1ccccc1.Cl. The third kappa shape index (κ3) is 6.27. The van der Waals surface area contributed by atoms with E-state index in [1.807, 2.05) is 30.3 Å². The van der Waals surface area contributed by atoms with Gasteiger partial charge in [-0.15, -0.1) is 12.4 Å². The van der Waals surface area contributed by atoms with Gasteiger partial charge < -0.3 is 15.4 Å². The van der Waals surface area contributed by atoms with Crippen LogP contribution in [-0.2, 0) is 9.53 Å². The Bertz CT molecular complexity index is 293. The van der Waals surface area contributed by atoms with Crippen molar-refractivity contribution in [3.63, 3.8) is 0 Å². The zero-order valence-electron chi connectivity index (χ0n) is 9.23. The Morgan fingerprint density at radius 3 is 2.62 bits per heavy atom. The van der Waals surface area contributed by atoms with Gasteiger partial charge in [0.1, 0.15) is 0 Å². The molecule has 0 bridgehead atoms. The second-order valence-corrected chi connectivity index (χ2v) is 3.06. The summed E-state index contributed by atoms with van der Waals surface area (Å²) in [4.78, 5) is 11.3. The van der Waals surface area contributed by atoms with E-state index in [1.165, 1.54) is 0 Å². The number of hydrogen-bond donors (Lipinski definition) is 2. The van der Waals surface area contributed by atoms with Crippen molar-refractivity contribution in [1.29, 1.82) is 0 Å². The largest absolute Gasteiger partial charge is 0.383 e. The van der Waals surface area contributed by atoms with E-state index in [9.17, 15) is 4.79 Å². The fourth-order valence-corrected chi connectivity index (χ4v) is 1.09. The molecule has 0 aliphatic heterocycles. The summed E-state index contributed by atoms with van der Waals surface area (Å²) in [6.45, 7) is 1.37. The van der Waals surface area contributed by atoms with Crippen LogP contribution in [0.15, 0.2) is 30.3 Å². The summed E-state index contributed by atoms with van der Waals surface area (Å²) < 4.78 is 4.82. The molecule has 0 unspecified atom stereocenters. The molecule has 1 aromatic carbocycles. The zero-order valence-corrected chi connectivity index (χ0v) is 10.0. The second-order valence-electron chi connectivity index (χ2n) is 3.06. The molecule has 0 saturated heterocycles. The smallest absolute Gasteiger partial charge is 0.239 e. The Morgan fingerprint density at radius 1 is 1.31 bits per heavy atom. The second kappa shape index (κ2) is 9.00. The van der Waals surface area contributed by atoms with Crippen LogP contribution in [0.4, 0.5) is 5.69 Å². The van der Waals surface area contributed by atoms with Gasteiger partial charge in [0.15, 0.2) is 0 Å². The predicted octanol–water partition coefficient (Wildman–Crippen LogP) is 1.28. The summed E-state index contributed by atoms with van der Waals surface area (Å²) in [5.74, 6) is -0.0316. The van der Waals surface area contributed by atoms with Crippen molar-refractivity contribution in [1.82, 2.24) is 5.32 Å². The minimum Gasteiger partial charge on any atom is -0.383 e. The first kappa shape index (κ1) is 14.7. The number of carbonyl (C=O) groups excluding carboxylic acids is 1. The molecule has 0 fully saturated rings. The number of methoxy groups -OCH3 is 1. The monoisotopic (exact) mass is 244 g/mol. The molecule has 0 saturated carbocycles. The van der Waals surface area contributed by atoms with Gasteiger partial charge in [0.05, 0.1) is 13.2 Å². The maximum atomic E-state index is 11.3. The summed E-state index contributed by atoms with van der Waals surface area (Å²) in [7, 11) is 1.61. The van der Waals surface area contributed by atoms with Gasteiger partial charge in [0, 0.05) is 19.3 Å². The van der Waals surface area contributed by atoms with Gasteiger partial charge in [-0.25, -0.2) is 0 Å². The average molecular weight is 245 g/mol. The number of carbonyl (C=O) groups is 1. The number of benzene rings is 1. The molecule has 1 amide bonds. The zero-order chi connectivity index (χ0) is 10.9. The fraction of sp³-hybridized carbons (Fsp3) is 0.364. The third-order valence-electron chi connectivity index (χ3n) is 1.86. The summed E-state index contributed by atoms with van der Waals surface area (Å²) in [5, 5.41) is 5.75. The van der Waals surface area contributed by atoms with E-state index in [4.69, 9.17) is 4.74 Å². The lowest BCUT2D eigenvalue weighted by Gasteiger charge is -2.06. The van der Waals surface area contributed by atoms with Crippen molar-refractivity contribution in [2.24, 2.45) is 0 Å². The Balaban J connectivity index is 0.00000225. The van der Waals surface area contributed by atoms with Gasteiger partial charge in [-0.3, -0.25) is 4.79 Å². The first-order valence-corrected chi connectivity index (χ1v) is 4.87. The van der Waals surface area contributed by atoms with Crippen molar-refractivity contribution < 1.29 is 9.53 Å². The van der Waals surface area contributed by atoms with Crippen molar-refractivity contribution in [3.8, 4) is 0 Å². The molecule has 0 aliphatic carbocycles. The van der Waals surface area contributed by atoms with E-state index in [0.717, 1.165) is 5.69 Å². The summed E-state index contributed by atoms with van der Waals surface area (Å²) in [6.07, 6.45) is 0. The molecule has 16 heavy (non-hydrogen) atoms. The van der Waals surface area contributed by atoms with Gasteiger partial charge in [-0.2, -0.15) is 0 Å². The standard InChI is InChI=1S/C11H16N2O2.ClH/c1-15-8-7-12-11(14)9-13-10-5-3-2-4-6-10;/h2-6,13H,7-9H2,1H3,(H,12,14);1H. The lowest BCUT2D eigenvalue weighted by atomic mass is 10.3. The molecule has 0 aromatic heterocycles. The topological polar surface area (TPSA) is 50.4 Å². The molecule has 1 aromatic rings. The van der Waals surface area contributed by atoms with Crippen LogP contribution in [0.25, 0.3) is 0 Å². The minimum absolute atomic E-state index is 0. The normalized spacial score (nSPS) is 9.06. The Labute approximate surface area is 102 Å². The maximum Gasteiger partial charge on any atom is 0.239 e. The van der Waals surface area contributed by atoms with Crippen molar-refractivity contribution in [3.05, 3.63) is 30.3 Å². The molecule has 0 spiro atoms. The van der Waals surface area contributed by atoms with Crippen LogP contribution in [0.3, 0.4) is 0 Å². The van der Waals surface area contributed by atoms with Crippen LogP contribution in [0.5, 0.6) is 0 Å². The van der Waals surface area contributed by atoms with Crippen molar-refractivity contribution in [2.45, 2.75) is 0 Å². The molecule has 5 heteroatoms. The Hall–Kier alpha value is -1.26. The number of ether oxygens (including phenoxy) is 1. The van der Waals surface area contributed by atoms with Gasteiger partial charge in [-0.05, 0) is 12.1 Å². The maximum absolute atomic E-state index is 11.3. The highest BCUT2D eigenvalue weighted by atomic mass is 35.5. The number of nitrogens with one attached hydrogen (secondary N) is 2. The predicted molar refractivity (Wildman–Crippen MR) is 67.1 cm³/mol. The van der Waals surface area contributed by atoms with E-state index in [1.54, 1.807) is 7.11 Å². The molecule has 1 rings (SSSR count). The molecule has 0 radical (unpaired) electrons. The van der Waals surface area contributed by atoms with E-state index < -0.39 is 0 Å². The molecule has 0 aliphatic rings. The first-order chi connectivity index (χ1) is 7.33. The van der Waals surface area contributed by atoms with Crippen LogP contribution in [-0.4, -0.2) is 32.7 Å². The van der Waals surface area contributed by atoms with E-state index in [-0.39, 0.29) is 24.9 Å². The summed E-state index contributed by atoms with van der Waals surface area (Å²) in [6, 6.07) is 9.62. The van der Waals surface area contributed by atoms with Crippen LogP contribution < -0.4 is 10.6 Å². The highest BCUT2D eigenvalue weighted by Crippen LogP contribution is 2.03. The highest BCUT2D eigenvalue weighted by molar-refractivity contribution is 5.85. The molecular weight excluding hydrogens is 228 g/mol. The molecule has 0 atom stereocenters.